The van der Waals surface area contributed by atoms with Gasteiger partial charge in [0.15, 0.2) is 5.11 Å². The highest BCUT2D eigenvalue weighted by Gasteiger charge is 2.10. The topological polar surface area (TPSA) is 92.4 Å². The van der Waals surface area contributed by atoms with Gasteiger partial charge >= 0.3 is 0 Å². The fourth-order valence-corrected chi connectivity index (χ4v) is 1.99. The van der Waals surface area contributed by atoms with Crippen molar-refractivity contribution in [1.29, 1.82) is 0 Å². The van der Waals surface area contributed by atoms with E-state index in [9.17, 15) is 9.59 Å². The fraction of sp³-hybridized carbons (Fsp3) is 0.176. The predicted molar refractivity (Wildman–Crippen MR) is 97.1 cm³/mol. The van der Waals surface area contributed by atoms with E-state index in [4.69, 9.17) is 17.0 Å². The van der Waals surface area contributed by atoms with Crippen LogP contribution in [0.25, 0.3) is 0 Å². The van der Waals surface area contributed by atoms with Crippen LogP contribution < -0.4 is 20.9 Å². The lowest BCUT2D eigenvalue weighted by molar-refractivity contribution is 0.0934. The molecule has 0 spiro atoms. The number of amides is 2. The Labute approximate surface area is 150 Å². The molecule has 0 fully saturated rings. The Balaban J connectivity index is 1.85. The summed E-state index contributed by atoms with van der Waals surface area (Å²) in [5, 5.41) is 2.46. The first kappa shape index (κ1) is 18.3. The van der Waals surface area contributed by atoms with Crippen LogP contribution in [0.5, 0.6) is 5.75 Å². The standard InChI is InChI=1S/C17H18N4O3S/c1-2-10-24-14-5-3-4-13(11-14)15(22)19-17(25)21-20-16(23)12-6-8-18-9-7-12/h3-9,11H,2,10H2,1H3,(H,20,23)(H2,19,21,22,25). The van der Waals surface area contributed by atoms with E-state index in [1.54, 1.807) is 36.4 Å². The average molecular weight is 358 g/mol. The first-order valence-electron chi connectivity index (χ1n) is 7.64. The largest absolute Gasteiger partial charge is 0.494 e. The number of aromatic nitrogens is 1. The van der Waals surface area contributed by atoms with Gasteiger partial charge in [-0.3, -0.25) is 30.7 Å². The molecule has 0 bridgehead atoms. The van der Waals surface area contributed by atoms with Crippen molar-refractivity contribution in [3.8, 4) is 5.75 Å². The number of benzene rings is 1. The van der Waals surface area contributed by atoms with Gasteiger partial charge in [0.25, 0.3) is 11.8 Å². The van der Waals surface area contributed by atoms with Gasteiger partial charge in [0.2, 0.25) is 0 Å². The number of pyridine rings is 1. The molecule has 2 aromatic rings. The summed E-state index contributed by atoms with van der Waals surface area (Å²) in [6.45, 7) is 2.58. The predicted octanol–water partition coefficient (Wildman–Crippen LogP) is 1.82. The highest BCUT2D eigenvalue weighted by molar-refractivity contribution is 7.80. The van der Waals surface area contributed by atoms with Crippen molar-refractivity contribution in [3.63, 3.8) is 0 Å². The second-order valence-corrected chi connectivity index (χ2v) is 5.38. The monoisotopic (exact) mass is 358 g/mol. The summed E-state index contributed by atoms with van der Waals surface area (Å²) in [6.07, 6.45) is 3.88. The molecule has 1 heterocycles. The first-order valence-corrected chi connectivity index (χ1v) is 8.05. The third-order valence-corrected chi connectivity index (χ3v) is 3.23. The Morgan fingerprint density at radius 2 is 1.84 bits per heavy atom. The summed E-state index contributed by atoms with van der Waals surface area (Å²) in [5.74, 6) is -0.189. The number of rotatable bonds is 5. The lowest BCUT2D eigenvalue weighted by Crippen LogP contribution is -2.48. The molecule has 0 aliphatic carbocycles. The number of ether oxygens (including phenoxy) is 1. The summed E-state index contributed by atoms with van der Waals surface area (Å²) in [6, 6.07) is 9.88. The molecule has 0 saturated carbocycles. The zero-order valence-corrected chi connectivity index (χ0v) is 14.4. The highest BCUT2D eigenvalue weighted by Crippen LogP contribution is 2.13. The van der Waals surface area contributed by atoms with Gasteiger partial charge in [-0.25, -0.2) is 0 Å². The molecule has 130 valence electrons. The zero-order valence-electron chi connectivity index (χ0n) is 13.6. The lowest BCUT2D eigenvalue weighted by Gasteiger charge is -2.11. The summed E-state index contributed by atoms with van der Waals surface area (Å²) >= 11 is 5.00. The number of hydrogen-bond acceptors (Lipinski definition) is 5. The van der Waals surface area contributed by atoms with Crippen molar-refractivity contribution in [1.82, 2.24) is 21.2 Å². The SMILES string of the molecule is CCCOc1cccc(C(=O)NC(=S)NNC(=O)c2ccncc2)c1. The Hall–Kier alpha value is -3.00. The maximum absolute atomic E-state index is 12.2. The second kappa shape index (κ2) is 9.33. The van der Waals surface area contributed by atoms with Crippen LogP contribution in [0, 0.1) is 0 Å². The van der Waals surface area contributed by atoms with E-state index in [0.29, 0.717) is 23.5 Å². The molecule has 1 aromatic carbocycles. The smallest absolute Gasteiger partial charge is 0.269 e. The number of hydrogen-bond donors (Lipinski definition) is 3. The van der Waals surface area contributed by atoms with E-state index < -0.39 is 11.8 Å². The Bertz CT molecular complexity index is 753. The van der Waals surface area contributed by atoms with E-state index in [0.717, 1.165) is 6.42 Å². The maximum Gasteiger partial charge on any atom is 0.269 e. The van der Waals surface area contributed by atoms with Crippen molar-refractivity contribution in [2.45, 2.75) is 13.3 Å². The van der Waals surface area contributed by atoms with E-state index in [1.807, 2.05) is 6.92 Å². The van der Waals surface area contributed by atoms with E-state index in [-0.39, 0.29) is 5.11 Å². The highest BCUT2D eigenvalue weighted by atomic mass is 32.1. The van der Waals surface area contributed by atoms with Crippen LogP contribution >= 0.6 is 12.2 Å². The normalized spacial score (nSPS) is 9.80. The van der Waals surface area contributed by atoms with E-state index in [2.05, 4.69) is 21.2 Å². The van der Waals surface area contributed by atoms with Gasteiger partial charge in [-0.05, 0) is 49.0 Å². The van der Waals surface area contributed by atoms with Crippen molar-refractivity contribution >= 4 is 29.1 Å². The minimum absolute atomic E-state index is 0.0210. The van der Waals surface area contributed by atoms with Gasteiger partial charge in [0, 0.05) is 23.5 Å². The second-order valence-electron chi connectivity index (χ2n) is 4.97. The lowest BCUT2D eigenvalue weighted by atomic mass is 10.2. The fourth-order valence-electron chi connectivity index (χ4n) is 1.84. The molecule has 25 heavy (non-hydrogen) atoms. The van der Waals surface area contributed by atoms with Crippen LogP contribution in [0.4, 0.5) is 0 Å². The summed E-state index contributed by atoms with van der Waals surface area (Å²) in [7, 11) is 0. The Kier molecular flexibility index (Phi) is 6.85. The summed E-state index contributed by atoms with van der Waals surface area (Å²) in [5.41, 5.74) is 5.69. The molecule has 8 heteroatoms. The van der Waals surface area contributed by atoms with Crippen LogP contribution in [0.2, 0.25) is 0 Å². The molecule has 0 saturated heterocycles. The van der Waals surface area contributed by atoms with Gasteiger partial charge in [-0.15, -0.1) is 0 Å². The van der Waals surface area contributed by atoms with E-state index >= 15 is 0 Å². The third-order valence-electron chi connectivity index (χ3n) is 3.03. The molecule has 1 aromatic heterocycles. The number of nitrogens with zero attached hydrogens (tertiary/aromatic N) is 1. The molecular formula is C17H18N4O3S. The van der Waals surface area contributed by atoms with E-state index in [1.165, 1.54) is 12.4 Å². The number of hydrazine groups is 1. The van der Waals surface area contributed by atoms with Crippen molar-refractivity contribution < 1.29 is 14.3 Å². The van der Waals surface area contributed by atoms with Crippen LogP contribution in [0.15, 0.2) is 48.8 Å². The van der Waals surface area contributed by atoms with Crippen LogP contribution in [-0.4, -0.2) is 28.5 Å². The number of thiocarbonyl (C=S) groups is 1. The zero-order chi connectivity index (χ0) is 18.1. The van der Waals surface area contributed by atoms with Gasteiger partial charge in [-0.1, -0.05) is 13.0 Å². The minimum Gasteiger partial charge on any atom is -0.494 e. The van der Waals surface area contributed by atoms with Gasteiger partial charge in [0.05, 0.1) is 6.61 Å². The van der Waals surface area contributed by atoms with Crippen LogP contribution in [0.3, 0.4) is 0 Å². The molecule has 7 nitrogen and oxygen atoms in total. The first-order chi connectivity index (χ1) is 12.1. The number of carbonyl (C=O) groups is 2. The quantitative estimate of drug-likeness (QED) is 0.558. The number of carbonyl (C=O) groups excluding carboxylic acids is 2. The molecule has 2 rings (SSSR count). The summed E-state index contributed by atoms with van der Waals surface area (Å²) < 4.78 is 5.49. The van der Waals surface area contributed by atoms with Crippen molar-refractivity contribution in [3.05, 3.63) is 59.9 Å². The molecule has 0 atom stereocenters. The molecular weight excluding hydrogens is 340 g/mol. The maximum atomic E-state index is 12.2. The van der Waals surface area contributed by atoms with Crippen LogP contribution in [-0.2, 0) is 0 Å². The Morgan fingerprint density at radius 3 is 2.56 bits per heavy atom. The molecule has 0 unspecified atom stereocenters. The molecule has 0 radical (unpaired) electrons. The minimum atomic E-state index is -0.405. The average Bonchev–Trinajstić information content (AvgIpc) is 2.65. The molecule has 2 amide bonds. The molecule has 3 N–H and O–H groups in total. The van der Waals surface area contributed by atoms with Gasteiger partial charge in [-0.2, -0.15) is 0 Å². The third kappa shape index (κ3) is 5.85. The van der Waals surface area contributed by atoms with Crippen molar-refractivity contribution in [2.75, 3.05) is 6.61 Å². The summed E-state index contributed by atoms with van der Waals surface area (Å²) in [4.78, 5) is 27.9. The van der Waals surface area contributed by atoms with Crippen LogP contribution in [0.1, 0.15) is 34.1 Å². The number of nitrogens with one attached hydrogen (secondary N) is 3. The Morgan fingerprint density at radius 1 is 1.08 bits per heavy atom. The van der Waals surface area contributed by atoms with Crippen molar-refractivity contribution in [2.24, 2.45) is 0 Å². The molecule has 0 aliphatic heterocycles. The van der Waals surface area contributed by atoms with Gasteiger partial charge < -0.3 is 4.74 Å². The molecule has 0 aliphatic rings. The van der Waals surface area contributed by atoms with Gasteiger partial charge in [0.1, 0.15) is 5.75 Å².